The minimum absolute atomic E-state index is 0.00418. The molecule has 4 nitrogen and oxygen atoms in total. The molecule has 0 spiro atoms. The summed E-state index contributed by atoms with van der Waals surface area (Å²) in [4.78, 5) is 24.4. The number of fused-ring (bicyclic) bond motifs is 1. The van der Waals surface area contributed by atoms with Gasteiger partial charge >= 0.3 is 5.97 Å². The Morgan fingerprint density at radius 2 is 1.61 bits per heavy atom. The Morgan fingerprint density at radius 1 is 0.913 bits per heavy atom. The van der Waals surface area contributed by atoms with Crippen molar-refractivity contribution in [2.24, 2.45) is 0 Å². The fourth-order valence-electron chi connectivity index (χ4n) is 2.58. The number of rotatable bonds is 4. The van der Waals surface area contributed by atoms with Gasteiger partial charge in [-0.1, -0.05) is 30.3 Å². The summed E-state index contributed by atoms with van der Waals surface area (Å²) < 4.78 is 5.08. The van der Waals surface area contributed by atoms with Crippen LogP contribution < -0.4 is 4.74 Å². The quantitative estimate of drug-likeness (QED) is 0.745. The minimum Gasteiger partial charge on any atom is -0.497 e. The average Bonchev–Trinajstić information content (AvgIpc) is 2.60. The second-order valence-electron chi connectivity index (χ2n) is 5.07. The number of benzene rings is 3. The molecular formula is C19H14O4. The van der Waals surface area contributed by atoms with E-state index in [1.807, 2.05) is 12.1 Å². The molecule has 0 aliphatic heterocycles. The molecule has 0 unspecified atom stereocenters. The molecule has 23 heavy (non-hydrogen) atoms. The van der Waals surface area contributed by atoms with Gasteiger partial charge in [0, 0.05) is 11.1 Å². The van der Waals surface area contributed by atoms with Gasteiger partial charge in [0.1, 0.15) is 5.75 Å². The molecule has 1 N–H and O–H groups in total. The number of methoxy groups -OCH3 is 1. The summed E-state index contributed by atoms with van der Waals surface area (Å²) in [7, 11) is 1.55. The molecular weight excluding hydrogens is 292 g/mol. The zero-order chi connectivity index (χ0) is 16.4. The van der Waals surface area contributed by atoms with Crippen molar-refractivity contribution in [3.63, 3.8) is 0 Å². The Kier molecular flexibility index (Phi) is 3.81. The topological polar surface area (TPSA) is 63.6 Å². The van der Waals surface area contributed by atoms with Gasteiger partial charge in [0.15, 0.2) is 5.78 Å². The minimum atomic E-state index is -1.12. The maximum absolute atomic E-state index is 12.9. The molecule has 0 saturated heterocycles. The molecule has 0 aromatic heterocycles. The van der Waals surface area contributed by atoms with Crippen LogP contribution in [-0.2, 0) is 0 Å². The van der Waals surface area contributed by atoms with Gasteiger partial charge in [0.25, 0.3) is 0 Å². The van der Waals surface area contributed by atoms with Gasteiger partial charge in [0.2, 0.25) is 0 Å². The first-order valence-electron chi connectivity index (χ1n) is 7.05. The molecule has 0 amide bonds. The number of ketones is 1. The van der Waals surface area contributed by atoms with Crippen LogP contribution in [0.2, 0.25) is 0 Å². The van der Waals surface area contributed by atoms with Crippen LogP contribution in [0, 0.1) is 0 Å². The third-order valence-electron chi connectivity index (χ3n) is 3.74. The number of carboxylic acid groups (broad SMARTS) is 1. The second-order valence-corrected chi connectivity index (χ2v) is 5.07. The fourth-order valence-corrected chi connectivity index (χ4v) is 2.58. The number of carboxylic acids is 1. The van der Waals surface area contributed by atoms with E-state index in [4.69, 9.17) is 4.74 Å². The summed E-state index contributed by atoms with van der Waals surface area (Å²) in [5, 5.41) is 10.9. The van der Waals surface area contributed by atoms with Crippen molar-refractivity contribution in [2.75, 3.05) is 7.11 Å². The van der Waals surface area contributed by atoms with Gasteiger partial charge in [-0.05, 0) is 41.1 Å². The lowest BCUT2D eigenvalue weighted by Crippen LogP contribution is -2.10. The maximum Gasteiger partial charge on any atom is 0.336 e. The van der Waals surface area contributed by atoms with E-state index in [9.17, 15) is 14.7 Å². The second kappa shape index (κ2) is 5.93. The van der Waals surface area contributed by atoms with Crippen molar-refractivity contribution < 1.29 is 19.4 Å². The highest BCUT2D eigenvalue weighted by Gasteiger charge is 2.20. The van der Waals surface area contributed by atoms with Crippen molar-refractivity contribution in [2.45, 2.75) is 0 Å². The fraction of sp³-hybridized carbons (Fsp3) is 0.0526. The summed E-state index contributed by atoms with van der Waals surface area (Å²) in [6.45, 7) is 0. The Bertz CT molecular complexity index is 895. The third kappa shape index (κ3) is 2.66. The zero-order valence-corrected chi connectivity index (χ0v) is 12.4. The van der Waals surface area contributed by atoms with Gasteiger partial charge in [-0.3, -0.25) is 4.79 Å². The lowest BCUT2D eigenvalue weighted by atomic mass is 9.92. The smallest absolute Gasteiger partial charge is 0.336 e. The number of ether oxygens (including phenoxy) is 1. The number of hydrogen-bond acceptors (Lipinski definition) is 3. The van der Waals surface area contributed by atoms with Gasteiger partial charge in [0.05, 0.1) is 12.7 Å². The van der Waals surface area contributed by atoms with E-state index in [1.165, 1.54) is 6.07 Å². The van der Waals surface area contributed by atoms with Crippen LogP contribution in [0.1, 0.15) is 26.3 Å². The molecule has 0 fully saturated rings. The molecule has 0 saturated carbocycles. The van der Waals surface area contributed by atoms with Crippen LogP contribution in [0.5, 0.6) is 5.75 Å². The maximum atomic E-state index is 12.9. The lowest BCUT2D eigenvalue weighted by Gasteiger charge is -2.10. The van der Waals surface area contributed by atoms with E-state index in [0.717, 1.165) is 5.39 Å². The van der Waals surface area contributed by atoms with Gasteiger partial charge < -0.3 is 9.84 Å². The summed E-state index contributed by atoms with van der Waals surface area (Å²) in [6, 6.07) is 17.1. The largest absolute Gasteiger partial charge is 0.497 e. The Balaban J connectivity index is 2.21. The number of carbonyl (C=O) groups is 2. The number of aromatic carboxylic acids is 1. The van der Waals surface area contributed by atoms with Crippen LogP contribution >= 0.6 is 0 Å². The molecule has 3 aromatic carbocycles. The van der Waals surface area contributed by atoms with Crippen molar-refractivity contribution in [3.8, 4) is 5.75 Å². The molecule has 0 heterocycles. The molecule has 0 aliphatic carbocycles. The Morgan fingerprint density at radius 3 is 2.26 bits per heavy atom. The summed E-state index contributed by atoms with van der Waals surface area (Å²) >= 11 is 0. The van der Waals surface area contributed by atoms with E-state index in [2.05, 4.69) is 0 Å². The van der Waals surface area contributed by atoms with Gasteiger partial charge in [-0.25, -0.2) is 4.79 Å². The van der Waals surface area contributed by atoms with Crippen molar-refractivity contribution in [1.29, 1.82) is 0 Å². The van der Waals surface area contributed by atoms with Gasteiger partial charge in [-0.2, -0.15) is 0 Å². The molecule has 4 heteroatoms. The molecule has 0 aliphatic rings. The number of carbonyl (C=O) groups excluding carboxylic acids is 1. The van der Waals surface area contributed by atoms with E-state index in [-0.39, 0.29) is 16.9 Å². The highest BCUT2D eigenvalue weighted by Crippen LogP contribution is 2.26. The molecule has 3 aromatic rings. The van der Waals surface area contributed by atoms with Crippen molar-refractivity contribution in [3.05, 3.63) is 77.4 Å². The molecule has 3 rings (SSSR count). The lowest BCUT2D eigenvalue weighted by molar-refractivity contribution is 0.0693. The molecule has 114 valence electrons. The average molecular weight is 306 g/mol. The van der Waals surface area contributed by atoms with Crippen LogP contribution in [0.25, 0.3) is 10.8 Å². The first-order valence-corrected chi connectivity index (χ1v) is 7.05. The molecule has 0 bridgehead atoms. The Labute approximate surface area is 132 Å². The summed E-state index contributed by atoms with van der Waals surface area (Å²) in [5.74, 6) is -0.799. The third-order valence-corrected chi connectivity index (χ3v) is 3.74. The van der Waals surface area contributed by atoms with E-state index >= 15 is 0 Å². The summed E-state index contributed by atoms with van der Waals surface area (Å²) in [6.07, 6.45) is 0. The Hall–Kier alpha value is -3.14. The van der Waals surface area contributed by atoms with Crippen LogP contribution in [-0.4, -0.2) is 24.0 Å². The SMILES string of the molecule is COc1ccc(C(=O)c2c(C(=O)O)ccc3ccccc23)cc1. The highest BCUT2D eigenvalue weighted by atomic mass is 16.5. The summed E-state index contributed by atoms with van der Waals surface area (Å²) in [5.41, 5.74) is 0.634. The predicted octanol–water partition coefficient (Wildman–Crippen LogP) is 3.78. The first kappa shape index (κ1) is 14.8. The van der Waals surface area contributed by atoms with Crippen LogP contribution in [0.4, 0.5) is 0 Å². The van der Waals surface area contributed by atoms with Gasteiger partial charge in [-0.15, -0.1) is 0 Å². The van der Waals surface area contributed by atoms with Crippen LogP contribution in [0.15, 0.2) is 60.7 Å². The predicted molar refractivity (Wildman–Crippen MR) is 87.3 cm³/mol. The highest BCUT2D eigenvalue weighted by molar-refractivity contribution is 6.21. The monoisotopic (exact) mass is 306 g/mol. The number of hydrogen-bond donors (Lipinski definition) is 1. The molecule has 0 atom stereocenters. The normalized spacial score (nSPS) is 10.5. The van der Waals surface area contributed by atoms with Crippen molar-refractivity contribution >= 4 is 22.5 Å². The van der Waals surface area contributed by atoms with Crippen molar-refractivity contribution in [1.82, 2.24) is 0 Å². The van der Waals surface area contributed by atoms with E-state index < -0.39 is 5.97 Å². The zero-order valence-electron chi connectivity index (χ0n) is 12.4. The first-order chi connectivity index (χ1) is 11.1. The van der Waals surface area contributed by atoms with Crippen LogP contribution in [0.3, 0.4) is 0 Å². The molecule has 0 radical (unpaired) electrons. The van der Waals surface area contributed by atoms with E-state index in [1.54, 1.807) is 49.6 Å². The standard InChI is InChI=1S/C19H14O4/c1-23-14-9-6-13(7-10-14)18(20)17-15-5-3-2-4-12(15)8-11-16(17)19(21)22/h2-11H,1H3,(H,21,22). The van der Waals surface area contributed by atoms with E-state index in [0.29, 0.717) is 16.7 Å².